The Kier molecular flexibility index (Phi) is 4.92. The predicted octanol–water partition coefficient (Wildman–Crippen LogP) is 1.96. The second-order valence-electron chi connectivity index (χ2n) is 5.04. The first-order valence-electron chi connectivity index (χ1n) is 6.58. The fourth-order valence-corrected chi connectivity index (χ4v) is 2.09. The van der Waals surface area contributed by atoms with E-state index in [9.17, 15) is 0 Å². The smallest absolute Gasteiger partial charge is 0.143 e. The lowest BCUT2D eigenvalue weighted by Crippen LogP contribution is -2.27. The third kappa shape index (κ3) is 3.46. The number of hydrogen-bond acceptors (Lipinski definition) is 5. The number of halogens is 1. The highest BCUT2D eigenvalue weighted by Crippen LogP contribution is 2.25. The van der Waals surface area contributed by atoms with Crippen molar-refractivity contribution in [3.8, 4) is 5.69 Å². The van der Waals surface area contributed by atoms with Crippen molar-refractivity contribution in [1.29, 1.82) is 0 Å². The van der Waals surface area contributed by atoms with Crippen LogP contribution in [0.3, 0.4) is 0 Å². The van der Waals surface area contributed by atoms with E-state index >= 15 is 0 Å². The van der Waals surface area contributed by atoms with Crippen LogP contribution in [0.5, 0.6) is 0 Å². The fraction of sp³-hybridized carbons (Fsp3) is 0.462. The molecule has 0 aliphatic heterocycles. The lowest BCUT2D eigenvalue weighted by Gasteiger charge is -2.20. The van der Waals surface area contributed by atoms with E-state index in [1.54, 1.807) is 11.0 Å². The van der Waals surface area contributed by atoms with Crippen molar-refractivity contribution in [2.75, 3.05) is 18.4 Å². The summed E-state index contributed by atoms with van der Waals surface area (Å²) >= 11 is 6.21. The fourth-order valence-electron chi connectivity index (χ4n) is 1.90. The highest BCUT2D eigenvalue weighted by atomic mass is 35.5. The molecule has 1 unspecified atom stereocenters. The SMILES string of the molecule is CC(C)C(CN)CNc1cc(-n2cnnn2)ccc1Cl. The molecular formula is C13H19ClN6. The van der Waals surface area contributed by atoms with Gasteiger partial charge in [0.2, 0.25) is 0 Å². The summed E-state index contributed by atoms with van der Waals surface area (Å²) in [6.45, 7) is 5.76. The van der Waals surface area contributed by atoms with Crippen LogP contribution >= 0.6 is 11.6 Å². The Balaban J connectivity index is 2.13. The number of hydrogen-bond donors (Lipinski definition) is 2. The summed E-state index contributed by atoms with van der Waals surface area (Å²) in [5, 5.41) is 15.1. The van der Waals surface area contributed by atoms with Gasteiger partial charge in [0.25, 0.3) is 0 Å². The molecule has 108 valence electrons. The van der Waals surface area contributed by atoms with Gasteiger partial charge in [0.1, 0.15) is 6.33 Å². The number of nitrogens with one attached hydrogen (secondary N) is 1. The van der Waals surface area contributed by atoms with Gasteiger partial charge in [0, 0.05) is 6.54 Å². The Morgan fingerprint density at radius 2 is 2.20 bits per heavy atom. The van der Waals surface area contributed by atoms with Crippen molar-refractivity contribution >= 4 is 17.3 Å². The first kappa shape index (κ1) is 14.7. The van der Waals surface area contributed by atoms with Crippen LogP contribution in [-0.4, -0.2) is 33.3 Å². The zero-order chi connectivity index (χ0) is 14.5. The molecule has 7 heteroatoms. The first-order chi connectivity index (χ1) is 9.61. The van der Waals surface area contributed by atoms with Crippen LogP contribution in [0.4, 0.5) is 5.69 Å². The summed E-state index contributed by atoms with van der Waals surface area (Å²) in [4.78, 5) is 0. The number of aromatic nitrogens is 4. The van der Waals surface area contributed by atoms with Gasteiger partial charge in [0.15, 0.2) is 0 Å². The van der Waals surface area contributed by atoms with Gasteiger partial charge in [-0.15, -0.1) is 5.10 Å². The Hall–Kier alpha value is -1.66. The number of anilines is 1. The molecule has 1 atom stereocenters. The number of benzene rings is 1. The number of rotatable bonds is 6. The van der Waals surface area contributed by atoms with Gasteiger partial charge in [-0.3, -0.25) is 0 Å². The van der Waals surface area contributed by atoms with Crippen LogP contribution in [0.1, 0.15) is 13.8 Å². The van der Waals surface area contributed by atoms with Crippen LogP contribution in [0.15, 0.2) is 24.5 Å². The predicted molar refractivity (Wildman–Crippen MR) is 80.0 cm³/mol. The standard InChI is InChI=1S/C13H19ClN6/c1-9(2)10(6-15)7-16-13-5-11(3-4-12(13)14)20-8-17-18-19-20/h3-5,8-10,16H,6-7,15H2,1-2H3. The summed E-state index contributed by atoms with van der Waals surface area (Å²) in [6.07, 6.45) is 1.55. The van der Waals surface area contributed by atoms with Gasteiger partial charge in [-0.05, 0) is 47.0 Å². The molecular weight excluding hydrogens is 276 g/mol. The molecule has 3 N–H and O–H groups in total. The molecule has 0 aliphatic carbocycles. The van der Waals surface area contributed by atoms with Gasteiger partial charge in [-0.25, -0.2) is 4.68 Å². The van der Waals surface area contributed by atoms with E-state index in [1.807, 2.05) is 18.2 Å². The lowest BCUT2D eigenvalue weighted by molar-refractivity contribution is 0.413. The number of nitrogens with two attached hydrogens (primary N) is 1. The Morgan fingerprint density at radius 3 is 2.80 bits per heavy atom. The van der Waals surface area contributed by atoms with E-state index in [4.69, 9.17) is 17.3 Å². The maximum atomic E-state index is 6.21. The number of tetrazole rings is 1. The molecule has 1 aromatic heterocycles. The largest absolute Gasteiger partial charge is 0.383 e. The van der Waals surface area contributed by atoms with Crippen LogP contribution in [0.2, 0.25) is 5.02 Å². The second kappa shape index (κ2) is 6.67. The molecule has 2 aromatic rings. The molecule has 0 aliphatic rings. The lowest BCUT2D eigenvalue weighted by atomic mass is 9.96. The quantitative estimate of drug-likeness (QED) is 0.851. The Morgan fingerprint density at radius 1 is 1.40 bits per heavy atom. The van der Waals surface area contributed by atoms with Crippen LogP contribution in [0, 0.1) is 11.8 Å². The molecule has 1 heterocycles. The zero-order valence-electron chi connectivity index (χ0n) is 11.6. The van der Waals surface area contributed by atoms with Crippen molar-refractivity contribution < 1.29 is 0 Å². The molecule has 0 fully saturated rings. The Bertz CT molecular complexity index is 540. The van der Waals surface area contributed by atoms with Crippen LogP contribution in [-0.2, 0) is 0 Å². The molecule has 0 radical (unpaired) electrons. The van der Waals surface area contributed by atoms with E-state index in [0.29, 0.717) is 23.4 Å². The van der Waals surface area contributed by atoms with Crippen molar-refractivity contribution in [2.24, 2.45) is 17.6 Å². The van der Waals surface area contributed by atoms with E-state index in [2.05, 4.69) is 34.7 Å². The molecule has 1 aromatic carbocycles. The summed E-state index contributed by atoms with van der Waals surface area (Å²) in [6, 6.07) is 5.62. The van der Waals surface area contributed by atoms with Crippen molar-refractivity contribution in [2.45, 2.75) is 13.8 Å². The molecule has 0 amide bonds. The monoisotopic (exact) mass is 294 g/mol. The molecule has 0 bridgehead atoms. The van der Waals surface area contributed by atoms with Gasteiger partial charge in [0.05, 0.1) is 16.4 Å². The third-order valence-corrected chi connectivity index (χ3v) is 3.69. The molecule has 0 saturated carbocycles. The van der Waals surface area contributed by atoms with E-state index < -0.39 is 0 Å². The minimum Gasteiger partial charge on any atom is -0.383 e. The second-order valence-corrected chi connectivity index (χ2v) is 5.45. The Labute approximate surface area is 123 Å². The van der Waals surface area contributed by atoms with E-state index in [-0.39, 0.29) is 0 Å². The molecule has 20 heavy (non-hydrogen) atoms. The van der Waals surface area contributed by atoms with Gasteiger partial charge >= 0.3 is 0 Å². The van der Waals surface area contributed by atoms with Gasteiger partial charge in [-0.2, -0.15) is 0 Å². The summed E-state index contributed by atoms with van der Waals surface area (Å²) in [5.74, 6) is 0.928. The van der Waals surface area contributed by atoms with Gasteiger partial charge < -0.3 is 11.1 Å². The maximum absolute atomic E-state index is 6.21. The van der Waals surface area contributed by atoms with Crippen molar-refractivity contribution in [3.63, 3.8) is 0 Å². The highest BCUT2D eigenvalue weighted by Gasteiger charge is 2.12. The minimum atomic E-state index is 0.405. The van der Waals surface area contributed by atoms with Crippen LogP contribution < -0.4 is 11.1 Å². The summed E-state index contributed by atoms with van der Waals surface area (Å²) < 4.78 is 1.59. The normalized spacial score (nSPS) is 12.7. The van der Waals surface area contributed by atoms with Gasteiger partial charge in [-0.1, -0.05) is 25.4 Å². The van der Waals surface area contributed by atoms with Crippen molar-refractivity contribution in [1.82, 2.24) is 20.2 Å². The first-order valence-corrected chi connectivity index (χ1v) is 6.96. The maximum Gasteiger partial charge on any atom is 0.143 e. The average molecular weight is 295 g/mol. The number of nitrogens with zero attached hydrogens (tertiary/aromatic N) is 4. The summed E-state index contributed by atoms with van der Waals surface area (Å²) in [7, 11) is 0. The van der Waals surface area contributed by atoms with Crippen molar-refractivity contribution in [3.05, 3.63) is 29.5 Å². The summed E-state index contributed by atoms with van der Waals surface area (Å²) in [5.41, 5.74) is 7.50. The molecule has 0 spiro atoms. The topological polar surface area (TPSA) is 81.6 Å². The highest BCUT2D eigenvalue weighted by molar-refractivity contribution is 6.33. The molecule has 0 saturated heterocycles. The zero-order valence-corrected chi connectivity index (χ0v) is 12.4. The minimum absolute atomic E-state index is 0.405. The third-order valence-electron chi connectivity index (χ3n) is 3.36. The average Bonchev–Trinajstić information content (AvgIpc) is 2.95. The molecule has 2 rings (SSSR count). The van der Waals surface area contributed by atoms with E-state index in [1.165, 1.54) is 0 Å². The molecule has 6 nitrogen and oxygen atoms in total. The van der Waals surface area contributed by atoms with Crippen LogP contribution in [0.25, 0.3) is 5.69 Å². The van der Waals surface area contributed by atoms with E-state index in [0.717, 1.165) is 17.9 Å².